The minimum atomic E-state index is -0.315. The molecule has 0 saturated heterocycles. The maximum atomic E-state index is 13.2. The van der Waals surface area contributed by atoms with Crippen LogP contribution in [-0.2, 0) is 9.59 Å². The van der Waals surface area contributed by atoms with Crippen LogP contribution in [0.25, 0.3) is 0 Å². The number of Topliss-reactive ketones (excluding diaryl/α,β-unsaturated/α-hetero) is 1. The second-order valence-corrected chi connectivity index (χ2v) is 9.33. The van der Waals surface area contributed by atoms with Crippen LogP contribution in [0.3, 0.4) is 0 Å². The Morgan fingerprint density at radius 3 is 2.69 bits per heavy atom. The molecule has 7 heteroatoms. The van der Waals surface area contributed by atoms with Crippen molar-refractivity contribution < 1.29 is 9.59 Å². The van der Waals surface area contributed by atoms with E-state index in [0.29, 0.717) is 17.1 Å². The van der Waals surface area contributed by atoms with E-state index in [1.807, 2.05) is 46.7 Å². The van der Waals surface area contributed by atoms with Gasteiger partial charge in [0.1, 0.15) is 0 Å². The first-order valence-corrected chi connectivity index (χ1v) is 11.8. The molecule has 1 aromatic heterocycles. The molecule has 2 aliphatic rings. The highest BCUT2D eigenvalue weighted by Crippen LogP contribution is 2.45. The topological polar surface area (TPSA) is 61.4 Å². The lowest BCUT2D eigenvalue weighted by atomic mass is 9.88. The largest absolute Gasteiger partial charge is 0.357 e. The number of hydrogen-bond donors (Lipinski definition) is 2. The molecule has 1 aliphatic heterocycles. The molecular formula is C25H22ClN3O2S. The van der Waals surface area contributed by atoms with E-state index in [1.54, 1.807) is 35.6 Å². The van der Waals surface area contributed by atoms with E-state index < -0.39 is 0 Å². The molecule has 5 rings (SSSR count). The summed E-state index contributed by atoms with van der Waals surface area (Å²) in [4.78, 5) is 29.4. The van der Waals surface area contributed by atoms with E-state index in [0.717, 1.165) is 40.4 Å². The number of halogens is 1. The van der Waals surface area contributed by atoms with Gasteiger partial charge in [-0.3, -0.25) is 9.59 Å². The fourth-order valence-electron chi connectivity index (χ4n) is 4.41. The zero-order valence-electron chi connectivity index (χ0n) is 17.3. The quantitative estimate of drug-likeness (QED) is 0.496. The summed E-state index contributed by atoms with van der Waals surface area (Å²) in [6.07, 6.45) is 2.19. The summed E-state index contributed by atoms with van der Waals surface area (Å²) in [6.45, 7) is 0.105. The molecule has 2 aromatic carbocycles. The van der Waals surface area contributed by atoms with E-state index >= 15 is 0 Å². The first kappa shape index (κ1) is 20.8. The van der Waals surface area contributed by atoms with E-state index in [1.165, 1.54) is 0 Å². The van der Waals surface area contributed by atoms with Crippen molar-refractivity contribution in [3.8, 4) is 0 Å². The van der Waals surface area contributed by atoms with Gasteiger partial charge in [-0.1, -0.05) is 29.8 Å². The van der Waals surface area contributed by atoms with Crippen molar-refractivity contribution in [3.05, 3.63) is 87.2 Å². The third-order valence-corrected chi connectivity index (χ3v) is 6.97. The highest BCUT2D eigenvalue weighted by atomic mass is 35.5. The molecule has 1 aliphatic carbocycles. The van der Waals surface area contributed by atoms with Crippen molar-refractivity contribution >= 4 is 51.7 Å². The fraction of sp³-hybridized carbons (Fsp3) is 0.200. The molecule has 0 radical (unpaired) electrons. The van der Waals surface area contributed by atoms with Gasteiger partial charge in [-0.15, -0.1) is 11.3 Å². The normalized spacial score (nSPS) is 17.8. The van der Waals surface area contributed by atoms with Crippen LogP contribution in [0.5, 0.6) is 0 Å². The van der Waals surface area contributed by atoms with E-state index in [2.05, 4.69) is 10.6 Å². The first-order chi connectivity index (χ1) is 15.6. The Labute approximate surface area is 195 Å². The summed E-state index contributed by atoms with van der Waals surface area (Å²) in [5.41, 5.74) is 4.23. The number of para-hydroxylation sites is 2. The van der Waals surface area contributed by atoms with Gasteiger partial charge in [0.25, 0.3) is 0 Å². The predicted molar refractivity (Wildman–Crippen MR) is 130 cm³/mol. The average Bonchev–Trinajstić information content (AvgIpc) is 3.27. The maximum absolute atomic E-state index is 13.2. The first-order valence-electron chi connectivity index (χ1n) is 10.6. The molecule has 3 aromatic rings. The molecule has 0 spiro atoms. The van der Waals surface area contributed by atoms with E-state index in [-0.39, 0.29) is 24.3 Å². The Kier molecular flexibility index (Phi) is 5.72. The Bertz CT molecular complexity index is 1190. The Morgan fingerprint density at radius 2 is 1.91 bits per heavy atom. The standard InChI is InChI=1S/C25H22ClN3O2S/c26-16-10-12-17(13-11-16)27-23(31)15-29-20-7-2-1-5-18(20)28-19-6-3-8-21(30)24(19)25(29)22-9-4-14-32-22/h1-2,4-5,7,9-14,25,28H,3,6,8,15H2,(H,27,31)/t25-/m1/s1. The fourth-order valence-corrected chi connectivity index (χ4v) is 5.38. The molecular weight excluding hydrogens is 442 g/mol. The monoisotopic (exact) mass is 463 g/mol. The minimum absolute atomic E-state index is 0.105. The van der Waals surface area contributed by atoms with Crippen LogP contribution < -0.4 is 15.5 Å². The molecule has 5 nitrogen and oxygen atoms in total. The number of rotatable bonds is 4. The molecule has 1 amide bonds. The Morgan fingerprint density at radius 1 is 1.09 bits per heavy atom. The molecule has 32 heavy (non-hydrogen) atoms. The van der Waals surface area contributed by atoms with Crippen molar-refractivity contribution in [2.45, 2.75) is 25.3 Å². The number of hydrogen-bond acceptors (Lipinski definition) is 5. The zero-order valence-corrected chi connectivity index (χ0v) is 18.9. The van der Waals surface area contributed by atoms with Crippen LogP contribution in [0.2, 0.25) is 5.02 Å². The number of benzene rings is 2. The lowest BCUT2D eigenvalue weighted by Crippen LogP contribution is -2.38. The number of carbonyl (C=O) groups excluding carboxylic acids is 2. The van der Waals surface area contributed by atoms with Crippen molar-refractivity contribution in [1.29, 1.82) is 0 Å². The smallest absolute Gasteiger partial charge is 0.243 e. The number of allylic oxidation sites excluding steroid dienone is 1. The number of carbonyl (C=O) groups is 2. The molecule has 2 heterocycles. The highest BCUT2D eigenvalue weighted by Gasteiger charge is 2.37. The van der Waals surface area contributed by atoms with Gasteiger partial charge in [-0.2, -0.15) is 0 Å². The van der Waals surface area contributed by atoms with Gasteiger partial charge < -0.3 is 15.5 Å². The van der Waals surface area contributed by atoms with Gasteiger partial charge in [-0.05, 0) is 60.7 Å². The zero-order chi connectivity index (χ0) is 22.1. The van der Waals surface area contributed by atoms with Crippen molar-refractivity contribution in [2.24, 2.45) is 0 Å². The average molecular weight is 464 g/mol. The summed E-state index contributed by atoms with van der Waals surface area (Å²) in [7, 11) is 0. The van der Waals surface area contributed by atoms with Gasteiger partial charge in [0.15, 0.2) is 5.78 Å². The second-order valence-electron chi connectivity index (χ2n) is 7.91. The molecule has 2 N–H and O–H groups in total. The molecule has 0 bridgehead atoms. The third kappa shape index (κ3) is 4.04. The molecule has 0 saturated carbocycles. The maximum Gasteiger partial charge on any atom is 0.243 e. The lowest BCUT2D eigenvalue weighted by Gasteiger charge is -2.34. The van der Waals surface area contributed by atoms with Crippen LogP contribution in [0.1, 0.15) is 30.2 Å². The van der Waals surface area contributed by atoms with Crippen LogP contribution in [-0.4, -0.2) is 18.2 Å². The van der Waals surface area contributed by atoms with Crippen LogP contribution in [0.15, 0.2) is 77.3 Å². The van der Waals surface area contributed by atoms with Gasteiger partial charge in [0, 0.05) is 33.3 Å². The number of anilines is 3. The van der Waals surface area contributed by atoms with Crippen LogP contribution >= 0.6 is 22.9 Å². The summed E-state index contributed by atoms with van der Waals surface area (Å²) >= 11 is 7.57. The van der Waals surface area contributed by atoms with E-state index in [9.17, 15) is 9.59 Å². The summed E-state index contributed by atoms with van der Waals surface area (Å²) in [6, 6.07) is 18.7. The highest BCUT2D eigenvalue weighted by molar-refractivity contribution is 7.10. The minimum Gasteiger partial charge on any atom is -0.357 e. The van der Waals surface area contributed by atoms with Crippen molar-refractivity contribution in [1.82, 2.24) is 0 Å². The summed E-state index contributed by atoms with van der Waals surface area (Å²) in [5, 5.41) is 9.11. The number of amides is 1. The lowest BCUT2D eigenvalue weighted by molar-refractivity contribution is -0.117. The molecule has 0 unspecified atom stereocenters. The predicted octanol–water partition coefficient (Wildman–Crippen LogP) is 6.02. The number of fused-ring (bicyclic) bond motifs is 1. The number of nitrogens with one attached hydrogen (secondary N) is 2. The van der Waals surface area contributed by atoms with Gasteiger partial charge in [-0.25, -0.2) is 0 Å². The SMILES string of the molecule is O=C(CN1c2ccccc2NC2=C(C(=O)CCC2)[C@H]1c1cccs1)Nc1ccc(Cl)cc1. The summed E-state index contributed by atoms with van der Waals surface area (Å²) < 4.78 is 0. The van der Waals surface area contributed by atoms with E-state index in [4.69, 9.17) is 11.6 Å². The van der Waals surface area contributed by atoms with Crippen LogP contribution in [0, 0.1) is 0 Å². The van der Waals surface area contributed by atoms with Crippen LogP contribution in [0.4, 0.5) is 17.1 Å². The van der Waals surface area contributed by atoms with Crippen molar-refractivity contribution in [2.75, 3.05) is 22.1 Å². The molecule has 1 atom stereocenters. The Hall–Kier alpha value is -3.09. The number of ketones is 1. The summed E-state index contributed by atoms with van der Waals surface area (Å²) in [5.74, 6) is -0.0101. The third-order valence-electron chi connectivity index (χ3n) is 5.79. The molecule has 162 valence electrons. The second kappa shape index (κ2) is 8.81. The number of thiophene rings is 1. The van der Waals surface area contributed by atoms with Gasteiger partial charge in [0.05, 0.1) is 24.0 Å². The van der Waals surface area contributed by atoms with Crippen molar-refractivity contribution in [3.63, 3.8) is 0 Å². The van der Waals surface area contributed by atoms with Gasteiger partial charge >= 0.3 is 0 Å². The number of nitrogens with zero attached hydrogens (tertiary/aromatic N) is 1. The Balaban J connectivity index is 1.57. The van der Waals surface area contributed by atoms with Gasteiger partial charge in [0.2, 0.25) is 5.91 Å². The molecule has 0 fully saturated rings.